The number of rotatable bonds is 1. The molecule has 2 aliphatic heterocycles. The van der Waals surface area contributed by atoms with Gasteiger partial charge in [-0.1, -0.05) is 15.9 Å². The number of anilines is 1. The molecular weight excluding hydrogens is 264 g/mol. The number of nitrogens with zero attached hydrogens (tertiary/aromatic N) is 1. The largest absolute Gasteiger partial charge is 0.368 e. The van der Waals surface area contributed by atoms with Crippen LogP contribution >= 0.6 is 15.9 Å². The summed E-state index contributed by atoms with van der Waals surface area (Å²) in [5.41, 5.74) is 8.73. The van der Waals surface area contributed by atoms with Crippen LogP contribution in [-0.4, -0.2) is 19.1 Å². The van der Waals surface area contributed by atoms with Gasteiger partial charge in [0.25, 0.3) is 0 Å². The van der Waals surface area contributed by atoms with Crippen molar-refractivity contribution in [1.29, 1.82) is 0 Å². The van der Waals surface area contributed by atoms with Crippen LogP contribution in [0.15, 0.2) is 22.7 Å². The van der Waals surface area contributed by atoms with E-state index < -0.39 is 0 Å². The molecule has 86 valence electrons. The van der Waals surface area contributed by atoms with E-state index in [-0.39, 0.29) is 0 Å². The predicted octanol–water partition coefficient (Wildman–Crippen LogP) is 2.55. The van der Waals surface area contributed by atoms with Gasteiger partial charge in [0.2, 0.25) is 0 Å². The van der Waals surface area contributed by atoms with Gasteiger partial charge in [0.15, 0.2) is 0 Å². The summed E-state index contributed by atoms with van der Waals surface area (Å²) in [6, 6.07) is 7.37. The number of piperidine rings is 1. The van der Waals surface area contributed by atoms with Gasteiger partial charge in [0, 0.05) is 22.7 Å². The van der Waals surface area contributed by atoms with Crippen molar-refractivity contribution < 1.29 is 0 Å². The average molecular weight is 281 g/mol. The van der Waals surface area contributed by atoms with Crippen molar-refractivity contribution in [2.45, 2.75) is 25.3 Å². The van der Waals surface area contributed by atoms with Crippen molar-refractivity contribution in [3.8, 4) is 0 Å². The number of halogens is 1. The van der Waals surface area contributed by atoms with Crippen molar-refractivity contribution in [3.05, 3.63) is 28.2 Å². The van der Waals surface area contributed by atoms with E-state index in [9.17, 15) is 0 Å². The molecule has 1 aromatic rings. The van der Waals surface area contributed by atoms with Crippen LogP contribution in [0, 0.1) is 5.92 Å². The maximum Gasteiger partial charge on any atom is 0.0402 e. The molecule has 0 bridgehead atoms. The molecule has 0 radical (unpaired) electrons. The normalized spacial score (nSPS) is 27.8. The van der Waals surface area contributed by atoms with Crippen molar-refractivity contribution in [1.82, 2.24) is 0 Å². The summed E-state index contributed by atoms with van der Waals surface area (Å²) in [6.45, 7) is 2.03. The molecule has 0 aromatic heterocycles. The monoisotopic (exact) mass is 280 g/mol. The Morgan fingerprint density at radius 2 is 2.31 bits per heavy atom. The van der Waals surface area contributed by atoms with Gasteiger partial charge in [0.1, 0.15) is 0 Å². The lowest BCUT2D eigenvalue weighted by Crippen LogP contribution is -2.41. The molecule has 1 fully saturated rings. The molecule has 16 heavy (non-hydrogen) atoms. The Morgan fingerprint density at radius 3 is 3.12 bits per heavy atom. The second-order valence-corrected chi connectivity index (χ2v) is 5.87. The highest BCUT2D eigenvalue weighted by Crippen LogP contribution is 2.39. The highest BCUT2D eigenvalue weighted by Gasteiger charge is 2.34. The third-order valence-corrected chi connectivity index (χ3v) is 4.46. The van der Waals surface area contributed by atoms with Crippen LogP contribution in [0.2, 0.25) is 0 Å². The quantitative estimate of drug-likeness (QED) is 0.857. The maximum atomic E-state index is 5.79. The Labute approximate surface area is 105 Å². The molecule has 0 saturated carbocycles. The Bertz CT molecular complexity index is 405. The van der Waals surface area contributed by atoms with Crippen molar-refractivity contribution >= 4 is 21.6 Å². The molecule has 2 atom stereocenters. The van der Waals surface area contributed by atoms with Crippen molar-refractivity contribution in [2.24, 2.45) is 11.7 Å². The van der Waals surface area contributed by atoms with Gasteiger partial charge in [-0.25, -0.2) is 0 Å². The van der Waals surface area contributed by atoms with E-state index in [1.165, 1.54) is 41.5 Å². The lowest BCUT2D eigenvalue weighted by molar-refractivity contribution is 0.357. The molecule has 3 rings (SSSR count). The van der Waals surface area contributed by atoms with Gasteiger partial charge >= 0.3 is 0 Å². The molecular formula is C13H17BrN2. The summed E-state index contributed by atoms with van der Waals surface area (Å²) in [6.07, 6.45) is 3.72. The molecule has 1 saturated heterocycles. The van der Waals surface area contributed by atoms with E-state index in [0.717, 1.165) is 12.5 Å². The molecule has 3 heteroatoms. The number of nitrogens with two attached hydrogens (primary N) is 1. The molecule has 2 unspecified atom stereocenters. The van der Waals surface area contributed by atoms with Crippen LogP contribution < -0.4 is 10.6 Å². The fourth-order valence-electron chi connectivity index (χ4n) is 3.11. The van der Waals surface area contributed by atoms with Crippen molar-refractivity contribution in [2.75, 3.05) is 18.0 Å². The third-order valence-electron chi connectivity index (χ3n) is 3.96. The van der Waals surface area contributed by atoms with Crippen LogP contribution in [0.25, 0.3) is 0 Å². The van der Waals surface area contributed by atoms with Gasteiger partial charge in [-0.15, -0.1) is 0 Å². The van der Waals surface area contributed by atoms with Gasteiger partial charge < -0.3 is 10.6 Å². The van der Waals surface area contributed by atoms with Gasteiger partial charge in [0.05, 0.1) is 0 Å². The van der Waals surface area contributed by atoms with E-state index in [4.69, 9.17) is 5.73 Å². The SMILES string of the molecule is NCC1CCN2c3ccc(Br)cc3CC2C1. The minimum Gasteiger partial charge on any atom is -0.368 e. The van der Waals surface area contributed by atoms with E-state index in [2.05, 4.69) is 39.0 Å². The summed E-state index contributed by atoms with van der Waals surface area (Å²) >= 11 is 3.55. The zero-order chi connectivity index (χ0) is 11.1. The van der Waals surface area contributed by atoms with Crippen LogP contribution in [0.4, 0.5) is 5.69 Å². The standard InChI is InChI=1S/C13H17BrN2/c14-11-1-2-13-10(6-11)7-12-5-9(8-15)3-4-16(12)13/h1-2,6,9,12H,3-5,7-8,15H2. The summed E-state index contributed by atoms with van der Waals surface area (Å²) in [5, 5.41) is 0. The molecule has 0 aliphatic carbocycles. The first-order valence-corrected chi connectivity index (χ1v) is 6.82. The Kier molecular flexibility index (Phi) is 2.68. The highest BCUT2D eigenvalue weighted by atomic mass is 79.9. The fraction of sp³-hybridized carbons (Fsp3) is 0.538. The summed E-state index contributed by atoms with van der Waals surface area (Å²) in [5.74, 6) is 0.735. The van der Waals surface area contributed by atoms with Crippen LogP contribution in [0.5, 0.6) is 0 Å². The highest BCUT2D eigenvalue weighted by molar-refractivity contribution is 9.10. The Morgan fingerprint density at radius 1 is 1.44 bits per heavy atom. The first-order valence-electron chi connectivity index (χ1n) is 6.03. The molecule has 1 aromatic carbocycles. The van der Waals surface area contributed by atoms with E-state index >= 15 is 0 Å². The van der Waals surface area contributed by atoms with E-state index in [1.807, 2.05) is 0 Å². The second-order valence-electron chi connectivity index (χ2n) is 4.95. The minimum absolute atomic E-state index is 0.701. The maximum absolute atomic E-state index is 5.79. The average Bonchev–Trinajstić information content (AvgIpc) is 2.64. The van der Waals surface area contributed by atoms with Gasteiger partial charge in [-0.3, -0.25) is 0 Å². The number of hydrogen-bond acceptors (Lipinski definition) is 2. The smallest absolute Gasteiger partial charge is 0.0402 e. The first-order chi connectivity index (χ1) is 7.78. The third kappa shape index (κ3) is 1.66. The number of hydrogen-bond donors (Lipinski definition) is 1. The van der Waals surface area contributed by atoms with Gasteiger partial charge in [-0.2, -0.15) is 0 Å². The van der Waals surface area contributed by atoms with E-state index in [0.29, 0.717) is 6.04 Å². The van der Waals surface area contributed by atoms with Crippen molar-refractivity contribution in [3.63, 3.8) is 0 Å². The molecule has 2 aliphatic rings. The lowest BCUT2D eigenvalue weighted by Gasteiger charge is -2.36. The van der Waals surface area contributed by atoms with Crippen LogP contribution in [0.1, 0.15) is 18.4 Å². The molecule has 2 nitrogen and oxygen atoms in total. The molecule has 0 spiro atoms. The summed E-state index contributed by atoms with van der Waals surface area (Å²) in [4.78, 5) is 2.58. The predicted molar refractivity (Wildman–Crippen MR) is 70.8 cm³/mol. The zero-order valence-corrected chi connectivity index (χ0v) is 10.9. The Hall–Kier alpha value is -0.540. The Balaban J connectivity index is 1.87. The first kappa shape index (κ1) is 10.6. The van der Waals surface area contributed by atoms with E-state index in [1.54, 1.807) is 0 Å². The van der Waals surface area contributed by atoms with Crippen LogP contribution in [-0.2, 0) is 6.42 Å². The number of fused-ring (bicyclic) bond motifs is 3. The summed E-state index contributed by atoms with van der Waals surface area (Å²) < 4.78 is 1.20. The zero-order valence-electron chi connectivity index (χ0n) is 9.32. The van der Waals surface area contributed by atoms with Gasteiger partial charge in [-0.05, 0) is 55.5 Å². The summed E-state index contributed by atoms with van der Waals surface area (Å²) in [7, 11) is 0. The topological polar surface area (TPSA) is 29.3 Å². The molecule has 2 N–H and O–H groups in total. The number of benzene rings is 1. The fourth-order valence-corrected chi connectivity index (χ4v) is 3.52. The molecule has 2 heterocycles. The van der Waals surface area contributed by atoms with Crippen LogP contribution in [0.3, 0.4) is 0 Å². The second kappa shape index (κ2) is 4.04. The minimum atomic E-state index is 0.701. The molecule has 0 amide bonds. The lowest BCUT2D eigenvalue weighted by atomic mass is 9.91.